The Balaban J connectivity index is 2.54. The van der Waals surface area contributed by atoms with Crippen molar-refractivity contribution in [2.75, 3.05) is 39.6 Å². The number of benzene rings is 1. The van der Waals surface area contributed by atoms with Gasteiger partial charge in [0.2, 0.25) is 5.91 Å². The van der Waals surface area contributed by atoms with E-state index in [-0.39, 0.29) is 18.4 Å². The van der Waals surface area contributed by atoms with Gasteiger partial charge in [0.15, 0.2) is 0 Å². The summed E-state index contributed by atoms with van der Waals surface area (Å²) < 4.78 is 5.54. The number of nitrogens with zero attached hydrogens (tertiary/aromatic N) is 1. The van der Waals surface area contributed by atoms with Crippen LogP contribution in [0.3, 0.4) is 0 Å². The van der Waals surface area contributed by atoms with E-state index in [1.165, 1.54) is 4.90 Å². The molecule has 0 saturated heterocycles. The Morgan fingerprint density at radius 3 is 2.81 bits per heavy atom. The fraction of sp³-hybridized carbons (Fsp3) is 0.429. The molecule has 0 fully saturated rings. The number of carbonyl (C=O) groups excluding carboxylic acids is 2. The van der Waals surface area contributed by atoms with Crippen LogP contribution in [0.1, 0.15) is 16.8 Å². The molecule has 0 aliphatic rings. The minimum atomic E-state index is -0.263. The lowest BCUT2D eigenvalue weighted by Crippen LogP contribution is -2.39. The topological polar surface area (TPSA) is 84.7 Å². The zero-order chi connectivity index (χ0) is 15.8. The molecule has 0 bridgehead atoms. The monoisotopic (exact) mass is 357 g/mol. The van der Waals surface area contributed by atoms with Gasteiger partial charge in [-0.25, -0.2) is 0 Å². The molecule has 116 valence electrons. The van der Waals surface area contributed by atoms with Crippen molar-refractivity contribution in [1.29, 1.82) is 0 Å². The number of rotatable bonds is 7. The van der Waals surface area contributed by atoms with E-state index in [0.717, 1.165) is 6.42 Å². The summed E-state index contributed by atoms with van der Waals surface area (Å²) in [6.07, 6.45) is 0.737. The summed E-state index contributed by atoms with van der Waals surface area (Å²) in [6, 6.07) is 4.99. The van der Waals surface area contributed by atoms with Gasteiger partial charge in [0.25, 0.3) is 5.91 Å². The molecule has 1 rings (SSSR count). The number of halogens is 1. The maximum Gasteiger partial charge on any atom is 0.255 e. The van der Waals surface area contributed by atoms with E-state index in [9.17, 15) is 9.59 Å². The maximum absolute atomic E-state index is 12.3. The summed E-state index contributed by atoms with van der Waals surface area (Å²) in [5.74, 6) is -0.469. The van der Waals surface area contributed by atoms with E-state index in [1.807, 2.05) is 0 Å². The van der Waals surface area contributed by atoms with Crippen LogP contribution in [-0.4, -0.2) is 50.6 Å². The van der Waals surface area contributed by atoms with Gasteiger partial charge in [0, 0.05) is 37.5 Å². The SMILES string of the molecule is COCCCNC(=O)CN(C)C(=O)c1cc(N)ccc1Br. The van der Waals surface area contributed by atoms with Crippen LogP contribution in [0.4, 0.5) is 5.69 Å². The number of hydrogen-bond acceptors (Lipinski definition) is 4. The van der Waals surface area contributed by atoms with E-state index in [2.05, 4.69) is 21.2 Å². The smallest absolute Gasteiger partial charge is 0.255 e. The van der Waals surface area contributed by atoms with Gasteiger partial charge in [-0.3, -0.25) is 9.59 Å². The summed E-state index contributed by atoms with van der Waals surface area (Å²) in [5, 5.41) is 2.73. The number of anilines is 1. The third-order valence-electron chi connectivity index (χ3n) is 2.80. The number of amides is 2. The first-order valence-electron chi connectivity index (χ1n) is 6.52. The van der Waals surface area contributed by atoms with Crippen LogP contribution in [0.25, 0.3) is 0 Å². The second-order valence-electron chi connectivity index (χ2n) is 4.60. The number of hydrogen-bond donors (Lipinski definition) is 2. The Morgan fingerprint density at radius 2 is 2.14 bits per heavy atom. The molecule has 1 aromatic carbocycles. The predicted molar refractivity (Wildman–Crippen MR) is 85.0 cm³/mol. The highest BCUT2D eigenvalue weighted by molar-refractivity contribution is 9.10. The highest BCUT2D eigenvalue weighted by Crippen LogP contribution is 2.20. The van der Waals surface area contributed by atoms with Crippen LogP contribution >= 0.6 is 15.9 Å². The average molecular weight is 358 g/mol. The van der Waals surface area contributed by atoms with Crippen molar-refractivity contribution in [2.45, 2.75) is 6.42 Å². The van der Waals surface area contributed by atoms with Crippen LogP contribution in [0.2, 0.25) is 0 Å². The summed E-state index contributed by atoms with van der Waals surface area (Å²) in [4.78, 5) is 25.3. The number of nitrogen functional groups attached to an aromatic ring is 1. The number of nitrogens with two attached hydrogens (primary N) is 1. The molecular formula is C14H20BrN3O3. The molecule has 0 saturated carbocycles. The molecule has 0 unspecified atom stereocenters. The van der Waals surface area contributed by atoms with Crippen LogP contribution in [-0.2, 0) is 9.53 Å². The van der Waals surface area contributed by atoms with Crippen LogP contribution in [0, 0.1) is 0 Å². The molecule has 0 heterocycles. The molecule has 0 aliphatic heterocycles. The lowest BCUT2D eigenvalue weighted by atomic mass is 10.2. The Kier molecular flexibility index (Phi) is 7.18. The van der Waals surface area contributed by atoms with E-state index in [4.69, 9.17) is 10.5 Å². The van der Waals surface area contributed by atoms with Gasteiger partial charge >= 0.3 is 0 Å². The van der Waals surface area contributed by atoms with Crippen molar-refractivity contribution in [2.24, 2.45) is 0 Å². The van der Waals surface area contributed by atoms with Crippen molar-refractivity contribution in [1.82, 2.24) is 10.2 Å². The molecule has 0 spiro atoms. The van der Waals surface area contributed by atoms with Crippen molar-refractivity contribution < 1.29 is 14.3 Å². The largest absolute Gasteiger partial charge is 0.399 e. The zero-order valence-electron chi connectivity index (χ0n) is 12.2. The molecule has 6 nitrogen and oxygen atoms in total. The lowest BCUT2D eigenvalue weighted by molar-refractivity contribution is -0.121. The maximum atomic E-state index is 12.3. The third kappa shape index (κ3) is 5.73. The number of likely N-dealkylation sites (N-methyl/N-ethyl adjacent to an activating group) is 1. The number of ether oxygens (including phenoxy) is 1. The molecule has 0 aliphatic carbocycles. The summed E-state index contributed by atoms with van der Waals surface area (Å²) >= 11 is 3.31. The Morgan fingerprint density at radius 1 is 1.43 bits per heavy atom. The van der Waals surface area contributed by atoms with Crippen LogP contribution in [0.15, 0.2) is 22.7 Å². The van der Waals surface area contributed by atoms with E-state index >= 15 is 0 Å². The molecule has 7 heteroatoms. The first-order chi connectivity index (χ1) is 9.95. The number of nitrogens with one attached hydrogen (secondary N) is 1. The highest BCUT2D eigenvalue weighted by Gasteiger charge is 2.17. The minimum absolute atomic E-state index is 0.00689. The quantitative estimate of drug-likeness (QED) is 0.568. The molecular weight excluding hydrogens is 338 g/mol. The summed E-state index contributed by atoms with van der Waals surface area (Å²) in [5.41, 5.74) is 6.61. The molecule has 0 aromatic heterocycles. The minimum Gasteiger partial charge on any atom is -0.399 e. The molecule has 1 aromatic rings. The van der Waals surface area contributed by atoms with E-state index in [0.29, 0.717) is 28.9 Å². The van der Waals surface area contributed by atoms with E-state index in [1.54, 1.807) is 32.4 Å². The van der Waals surface area contributed by atoms with Gasteiger partial charge in [0.1, 0.15) is 0 Å². The van der Waals surface area contributed by atoms with Gasteiger partial charge in [-0.2, -0.15) is 0 Å². The number of carbonyl (C=O) groups is 2. The molecule has 0 atom stereocenters. The fourth-order valence-corrected chi connectivity index (χ4v) is 2.12. The Hall–Kier alpha value is -1.60. The lowest BCUT2D eigenvalue weighted by Gasteiger charge is -2.18. The van der Waals surface area contributed by atoms with Gasteiger partial charge < -0.3 is 20.7 Å². The van der Waals surface area contributed by atoms with Gasteiger partial charge in [-0.15, -0.1) is 0 Å². The Bertz CT molecular complexity index is 508. The average Bonchev–Trinajstić information content (AvgIpc) is 2.45. The van der Waals surface area contributed by atoms with Gasteiger partial charge in [-0.1, -0.05) is 0 Å². The van der Waals surface area contributed by atoms with Gasteiger partial charge in [0.05, 0.1) is 12.1 Å². The van der Waals surface area contributed by atoms with Gasteiger partial charge in [-0.05, 0) is 40.5 Å². The molecule has 2 amide bonds. The standard InChI is InChI=1S/C14H20BrN3O3/c1-18(9-13(19)17-6-3-7-21-2)14(20)11-8-10(16)4-5-12(11)15/h4-5,8H,3,6-7,9,16H2,1-2H3,(H,17,19). The third-order valence-corrected chi connectivity index (χ3v) is 3.49. The van der Waals surface area contributed by atoms with Crippen molar-refractivity contribution in [3.05, 3.63) is 28.2 Å². The predicted octanol–water partition coefficient (Wildman–Crippen LogP) is 1.26. The van der Waals surface area contributed by atoms with Crippen molar-refractivity contribution in [3.8, 4) is 0 Å². The Labute approximate surface area is 132 Å². The normalized spacial score (nSPS) is 10.2. The second kappa shape index (κ2) is 8.63. The van der Waals surface area contributed by atoms with Crippen molar-refractivity contribution >= 4 is 33.4 Å². The molecule has 0 radical (unpaired) electrons. The second-order valence-corrected chi connectivity index (χ2v) is 5.45. The fourth-order valence-electron chi connectivity index (χ4n) is 1.70. The zero-order valence-corrected chi connectivity index (χ0v) is 13.8. The first-order valence-corrected chi connectivity index (χ1v) is 7.31. The van der Waals surface area contributed by atoms with Crippen LogP contribution in [0.5, 0.6) is 0 Å². The van der Waals surface area contributed by atoms with E-state index < -0.39 is 0 Å². The molecule has 3 N–H and O–H groups in total. The number of methoxy groups -OCH3 is 1. The van der Waals surface area contributed by atoms with Crippen molar-refractivity contribution in [3.63, 3.8) is 0 Å². The van der Waals surface area contributed by atoms with Crippen LogP contribution < -0.4 is 11.1 Å². The molecule has 21 heavy (non-hydrogen) atoms. The summed E-state index contributed by atoms with van der Waals surface area (Å²) in [6.45, 7) is 1.11. The highest BCUT2D eigenvalue weighted by atomic mass is 79.9. The first kappa shape index (κ1) is 17.5. The summed E-state index contributed by atoms with van der Waals surface area (Å²) in [7, 11) is 3.18.